The number of aliphatic hydroxyl groups excluding tert-OH is 1. The van der Waals surface area contributed by atoms with Crippen molar-refractivity contribution in [2.24, 2.45) is 0 Å². The molecule has 0 heterocycles. The molecule has 0 aliphatic heterocycles. The van der Waals surface area contributed by atoms with Gasteiger partial charge in [-0.1, -0.05) is 23.8 Å². The summed E-state index contributed by atoms with van der Waals surface area (Å²) < 4.78 is 0. The van der Waals surface area contributed by atoms with Crippen LogP contribution in [0.5, 0.6) is 0 Å². The van der Waals surface area contributed by atoms with Gasteiger partial charge in [0, 0.05) is 19.9 Å². The van der Waals surface area contributed by atoms with E-state index in [9.17, 15) is 0 Å². The second-order valence-corrected chi connectivity index (χ2v) is 2.84. The van der Waals surface area contributed by atoms with Gasteiger partial charge in [0.05, 0.1) is 0 Å². The molecule has 0 aliphatic rings. The minimum Gasteiger partial charge on any atom is -0.400 e. The van der Waals surface area contributed by atoms with Crippen molar-refractivity contribution < 1.29 is 5.11 Å². The maximum atomic E-state index is 7.00. The molecule has 0 saturated heterocycles. The first-order valence-corrected chi connectivity index (χ1v) is 4.21. The molecule has 13 heavy (non-hydrogen) atoms. The Bertz CT molecular complexity index is 198. The third-order valence-electron chi connectivity index (χ3n) is 1.34. The van der Waals surface area contributed by atoms with Gasteiger partial charge in [-0.15, -0.1) is 0 Å². The summed E-state index contributed by atoms with van der Waals surface area (Å²) in [7, 11) is 2.92. The summed E-state index contributed by atoms with van der Waals surface area (Å²) in [6.45, 7) is 9.92. The average molecular weight is 183 g/mol. The summed E-state index contributed by atoms with van der Waals surface area (Å²) >= 11 is 0. The van der Waals surface area contributed by atoms with Crippen LogP contribution in [0.4, 0.5) is 0 Å². The van der Waals surface area contributed by atoms with Gasteiger partial charge in [0.15, 0.2) is 0 Å². The predicted octanol–water partition coefficient (Wildman–Crippen LogP) is 2.24. The minimum absolute atomic E-state index is 1.00. The molecule has 0 radical (unpaired) electrons. The number of nitrogens with one attached hydrogen (secondary N) is 1. The molecular formula is C11H21NO. The lowest BCUT2D eigenvalue weighted by atomic mass is 10.2. The minimum atomic E-state index is 1.00. The Labute approximate surface area is 81.7 Å². The summed E-state index contributed by atoms with van der Waals surface area (Å²) in [4.78, 5) is 0. The van der Waals surface area contributed by atoms with Crippen LogP contribution in [0.15, 0.2) is 35.6 Å². The Kier molecular flexibility index (Phi) is 10.1. The van der Waals surface area contributed by atoms with E-state index in [0.717, 1.165) is 18.4 Å². The van der Waals surface area contributed by atoms with Crippen molar-refractivity contribution >= 4 is 0 Å². The number of likely N-dealkylation sites (N-methyl/N-ethyl adjacent to an activating group) is 1. The predicted molar refractivity (Wildman–Crippen MR) is 59.5 cm³/mol. The molecular weight excluding hydrogens is 162 g/mol. The average Bonchev–Trinajstić information content (AvgIpc) is 2.08. The topological polar surface area (TPSA) is 32.3 Å². The van der Waals surface area contributed by atoms with Crippen LogP contribution in [0.2, 0.25) is 0 Å². The van der Waals surface area contributed by atoms with E-state index in [1.807, 2.05) is 26.1 Å². The van der Waals surface area contributed by atoms with Crippen molar-refractivity contribution in [3.05, 3.63) is 35.6 Å². The van der Waals surface area contributed by atoms with Crippen LogP contribution >= 0.6 is 0 Å². The number of hydrogen-bond donors (Lipinski definition) is 2. The fourth-order valence-electron chi connectivity index (χ4n) is 0.726. The Morgan fingerprint density at radius 1 is 1.15 bits per heavy atom. The SMILES string of the molecule is C=C(C)/C=C\C(NC)=C(C)C.CO. The summed E-state index contributed by atoms with van der Waals surface area (Å²) in [6.07, 6.45) is 4.04. The summed E-state index contributed by atoms with van der Waals surface area (Å²) in [6, 6.07) is 0. The van der Waals surface area contributed by atoms with Gasteiger partial charge in [-0.25, -0.2) is 0 Å². The molecule has 2 N–H and O–H groups in total. The van der Waals surface area contributed by atoms with E-state index in [0.29, 0.717) is 0 Å². The van der Waals surface area contributed by atoms with Gasteiger partial charge in [-0.2, -0.15) is 0 Å². The van der Waals surface area contributed by atoms with Crippen LogP contribution < -0.4 is 5.32 Å². The third kappa shape index (κ3) is 8.89. The van der Waals surface area contributed by atoms with E-state index in [2.05, 4.69) is 25.7 Å². The monoisotopic (exact) mass is 183 g/mol. The normalized spacial score (nSPS) is 8.77. The zero-order chi connectivity index (χ0) is 10.9. The highest BCUT2D eigenvalue weighted by atomic mass is 16.2. The van der Waals surface area contributed by atoms with Crippen LogP contribution in [0.25, 0.3) is 0 Å². The van der Waals surface area contributed by atoms with Crippen LogP contribution in [-0.4, -0.2) is 19.3 Å². The lowest BCUT2D eigenvalue weighted by Crippen LogP contribution is -2.04. The number of aliphatic hydroxyl groups is 1. The maximum absolute atomic E-state index is 7.00. The van der Waals surface area contributed by atoms with Gasteiger partial charge >= 0.3 is 0 Å². The quantitative estimate of drug-likeness (QED) is 0.658. The first kappa shape index (κ1) is 14.5. The number of rotatable bonds is 3. The van der Waals surface area contributed by atoms with Crippen molar-refractivity contribution in [2.75, 3.05) is 14.2 Å². The summed E-state index contributed by atoms with van der Waals surface area (Å²) in [5.41, 5.74) is 3.51. The van der Waals surface area contributed by atoms with Crippen LogP contribution in [0.3, 0.4) is 0 Å². The van der Waals surface area contributed by atoms with Gasteiger partial charge in [0.2, 0.25) is 0 Å². The third-order valence-corrected chi connectivity index (χ3v) is 1.34. The van der Waals surface area contributed by atoms with Gasteiger partial charge in [-0.3, -0.25) is 0 Å². The standard InChI is InChI=1S/C10H17N.CH4O/c1-8(2)6-7-10(11-5)9(3)4;1-2/h6-7,11H,1H2,2-5H3;2H,1H3/b7-6-;. The van der Waals surface area contributed by atoms with E-state index in [4.69, 9.17) is 5.11 Å². The molecule has 0 aromatic rings. The van der Waals surface area contributed by atoms with Gasteiger partial charge in [-0.05, 0) is 26.8 Å². The van der Waals surface area contributed by atoms with Crippen molar-refractivity contribution in [2.45, 2.75) is 20.8 Å². The molecule has 0 bridgehead atoms. The Morgan fingerprint density at radius 3 is 1.85 bits per heavy atom. The van der Waals surface area contributed by atoms with Crippen LogP contribution in [0, 0.1) is 0 Å². The maximum Gasteiger partial charge on any atom is 0.0323 e. The van der Waals surface area contributed by atoms with Crippen LogP contribution in [0.1, 0.15) is 20.8 Å². The van der Waals surface area contributed by atoms with E-state index in [1.54, 1.807) is 0 Å². The molecule has 76 valence electrons. The second-order valence-electron chi connectivity index (χ2n) is 2.84. The van der Waals surface area contributed by atoms with Crippen molar-refractivity contribution in [3.8, 4) is 0 Å². The molecule has 2 heteroatoms. The largest absolute Gasteiger partial charge is 0.400 e. The van der Waals surface area contributed by atoms with Gasteiger partial charge in [0.1, 0.15) is 0 Å². The molecule has 0 rings (SSSR count). The molecule has 0 atom stereocenters. The molecule has 2 nitrogen and oxygen atoms in total. The molecule has 0 saturated carbocycles. The molecule has 0 fully saturated rings. The highest BCUT2D eigenvalue weighted by Gasteiger charge is 1.88. The number of hydrogen-bond acceptors (Lipinski definition) is 2. The molecule has 0 aromatic carbocycles. The fourth-order valence-corrected chi connectivity index (χ4v) is 0.726. The smallest absolute Gasteiger partial charge is 0.0323 e. The molecule has 0 aliphatic carbocycles. The lowest BCUT2D eigenvalue weighted by Gasteiger charge is -2.02. The van der Waals surface area contributed by atoms with E-state index in [-0.39, 0.29) is 0 Å². The Balaban J connectivity index is 0. The van der Waals surface area contributed by atoms with E-state index >= 15 is 0 Å². The van der Waals surface area contributed by atoms with Crippen molar-refractivity contribution in [1.82, 2.24) is 5.32 Å². The highest BCUT2D eigenvalue weighted by Crippen LogP contribution is 2.01. The zero-order valence-electron chi connectivity index (χ0n) is 9.31. The molecule has 0 aromatic heterocycles. The second kappa shape index (κ2) is 9.07. The van der Waals surface area contributed by atoms with Crippen LogP contribution in [-0.2, 0) is 0 Å². The molecule has 0 amide bonds. The summed E-state index contributed by atoms with van der Waals surface area (Å²) in [5.74, 6) is 0. The molecule has 0 unspecified atom stereocenters. The first-order valence-electron chi connectivity index (χ1n) is 4.21. The number of allylic oxidation sites excluding steroid dienone is 4. The van der Waals surface area contributed by atoms with Crippen molar-refractivity contribution in [1.29, 1.82) is 0 Å². The van der Waals surface area contributed by atoms with E-state index < -0.39 is 0 Å². The highest BCUT2D eigenvalue weighted by molar-refractivity contribution is 5.26. The molecule has 0 spiro atoms. The van der Waals surface area contributed by atoms with Crippen molar-refractivity contribution in [3.63, 3.8) is 0 Å². The van der Waals surface area contributed by atoms with Gasteiger partial charge < -0.3 is 10.4 Å². The first-order chi connectivity index (χ1) is 6.07. The lowest BCUT2D eigenvalue weighted by molar-refractivity contribution is 0.399. The van der Waals surface area contributed by atoms with Gasteiger partial charge in [0.25, 0.3) is 0 Å². The van der Waals surface area contributed by atoms with E-state index in [1.165, 1.54) is 5.57 Å². The Hall–Kier alpha value is -1.02. The zero-order valence-corrected chi connectivity index (χ0v) is 9.31. The summed E-state index contributed by atoms with van der Waals surface area (Å²) in [5, 5.41) is 10.1. The fraction of sp³-hybridized carbons (Fsp3) is 0.455. The Morgan fingerprint density at radius 2 is 1.62 bits per heavy atom.